The van der Waals surface area contributed by atoms with Gasteiger partial charge in [0.15, 0.2) is 0 Å². The number of anilines is 1. The highest BCUT2D eigenvalue weighted by Crippen LogP contribution is 2.33. The van der Waals surface area contributed by atoms with Crippen LogP contribution in [0.15, 0.2) is 18.2 Å². The van der Waals surface area contributed by atoms with Crippen molar-refractivity contribution in [3.8, 4) is 11.5 Å². The van der Waals surface area contributed by atoms with Gasteiger partial charge in [0.25, 0.3) is 0 Å². The van der Waals surface area contributed by atoms with E-state index in [1.807, 2.05) is 25.1 Å². The second kappa shape index (κ2) is 5.80. The maximum atomic E-state index is 6.00. The Morgan fingerprint density at radius 2 is 1.82 bits per heavy atom. The predicted octanol–water partition coefficient (Wildman–Crippen LogP) is 3.24. The number of ether oxygens (including phenoxy) is 2. The van der Waals surface area contributed by atoms with Crippen molar-refractivity contribution in [1.82, 2.24) is 0 Å². The van der Waals surface area contributed by atoms with Crippen LogP contribution < -0.4 is 15.2 Å². The Bertz CT molecular complexity index is 359. The van der Waals surface area contributed by atoms with Crippen molar-refractivity contribution in [2.45, 2.75) is 32.6 Å². The molecule has 1 fully saturated rings. The lowest BCUT2D eigenvalue weighted by Gasteiger charge is -2.15. The molecule has 1 aromatic carbocycles. The Labute approximate surface area is 103 Å². The van der Waals surface area contributed by atoms with Crippen LogP contribution in [-0.4, -0.2) is 13.2 Å². The number of para-hydroxylation sites is 1. The van der Waals surface area contributed by atoms with Crippen molar-refractivity contribution in [1.29, 1.82) is 0 Å². The number of benzene rings is 1. The minimum Gasteiger partial charge on any atom is -0.492 e. The van der Waals surface area contributed by atoms with E-state index < -0.39 is 0 Å². The summed E-state index contributed by atoms with van der Waals surface area (Å²) in [5.41, 5.74) is 6.62. The van der Waals surface area contributed by atoms with Crippen LogP contribution in [0.3, 0.4) is 0 Å². The van der Waals surface area contributed by atoms with Crippen LogP contribution in [0.2, 0.25) is 0 Å². The minimum atomic E-state index is 0.618. The fourth-order valence-electron chi connectivity index (χ4n) is 2.32. The van der Waals surface area contributed by atoms with Crippen molar-refractivity contribution in [2.24, 2.45) is 5.92 Å². The lowest BCUT2D eigenvalue weighted by molar-refractivity contribution is 0.252. The van der Waals surface area contributed by atoms with Gasteiger partial charge >= 0.3 is 0 Å². The first-order chi connectivity index (χ1) is 8.31. The molecule has 0 unspecified atom stereocenters. The second-order valence-electron chi connectivity index (χ2n) is 4.56. The van der Waals surface area contributed by atoms with Crippen molar-refractivity contribution >= 4 is 5.69 Å². The molecule has 0 aromatic heterocycles. The van der Waals surface area contributed by atoms with Gasteiger partial charge in [0.1, 0.15) is 17.2 Å². The molecule has 1 saturated carbocycles. The quantitative estimate of drug-likeness (QED) is 0.797. The maximum Gasteiger partial charge on any atom is 0.146 e. The van der Waals surface area contributed by atoms with Crippen molar-refractivity contribution in [3.05, 3.63) is 18.2 Å². The number of hydrogen-bond donors (Lipinski definition) is 1. The van der Waals surface area contributed by atoms with Crippen LogP contribution in [-0.2, 0) is 0 Å². The van der Waals surface area contributed by atoms with Crippen LogP contribution in [0.25, 0.3) is 0 Å². The first-order valence-corrected chi connectivity index (χ1v) is 6.45. The summed E-state index contributed by atoms with van der Waals surface area (Å²) in [5.74, 6) is 2.17. The standard InChI is InChI=1S/C14H21NO2/c1-2-16-12-8-5-9-13(14(12)15)17-10-11-6-3-4-7-11/h5,8-9,11H,2-4,6-7,10,15H2,1H3. The van der Waals surface area contributed by atoms with Crippen LogP contribution in [0, 0.1) is 5.92 Å². The SMILES string of the molecule is CCOc1cccc(OCC2CCCC2)c1N. The Morgan fingerprint density at radius 1 is 1.18 bits per heavy atom. The van der Waals surface area contributed by atoms with E-state index in [2.05, 4.69) is 0 Å². The van der Waals surface area contributed by atoms with Gasteiger partial charge in [0, 0.05) is 0 Å². The molecule has 0 spiro atoms. The van der Waals surface area contributed by atoms with Gasteiger partial charge in [-0.2, -0.15) is 0 Å². The Kier molecular flexibility index (Phi) is 4.13. The molecule has 0 radical (unpaired) electrons. The van der Waals surface area contributed by atoms with Crippen LogP contribution in [0.5, 0.6) is 11.5 Å². The summed E-state index contributed by atoms with van der Waals surface area (Å²) in [6, 6.07) is 5.71. The fraction of sp³-hybridized carbons (Fsp3) is 0.571. The smallest absolute Gasteiger partial charge is 0.146 e. The number of rotatable bonds is 5. The molecule has 3 heteroatoms. The summed E-state index contributed by atoms with van der Waals surface area (Å²) in [7, 11) is 0. The molecule has 1 aliphatic carbocycles. The average molecular weight is 235 g/mol. The molecule has 0 aliphatic heterocycles. The molecule has 0 atom stereocenters. The molecule has 1 aliphatic rings. The zero-order valence-electron chi connectivity index (χ0n) is 10.4. The largest absolute Gasteiger partial charge is 0.492 e. The lowest BCUT2D eigenvalue weighted by Crippen LogP contribution is -2.09. The molecule has 2 N–H and O–H groups in total. The summed E-state index contributed by atoms with van der Waals surface area (Å²) < 4.78 is 11.2. The van der Waals surface area contributed by atoms with Crippen LogP contribution >= 0.6 is 0 Å². The normalized spacial score (nSPS) is 16.1. The van der Waals surface area contributed by atoms with Gasteiger partial charge in [-0.25, -0.2) is 0 Å². The van der Waals surface area contributed by atoms with Gasteiger partial charge in [-0.1, -0.05) is 18.9 Å². The monoisotopic (exact) mass is 235 g/mol. The van der Waals surface area contributed by atoms with Gasteiger partial charge in [-0.15, -0.1) is 0 Å². The third kappa shape index (κ3) is 3.05. The summed E-state index contributed by atoms with van der Waals surface area (Å²) in [6.45, 7) is 3.35. The second-order valence-corrected chi connectivity index (χ2v) is 4.56. The number of nitrogens with two attached hydrogens (primary N) is 1. The topological polar surface area (TPSA) is 44.5 Å². The zero-order valence-corrected chi connectivity index (χ0v) is 10.4. The molecule has 0 heterocycles. The maximum absolute atomic E-state index is 6.00. The summed E-state index contributed by atoms with van der Waals surface area (Å²) in [6.07, 6.45) is 5.24. The zero-order chi connectivity index (χ0) is 12.1. The van der Waals surface area contributed by atoms with E-state index in [1.54, 1.807) is 0 Å². The van der Waals surface area contributed by atoms with Gasteiger partial charge in [0.05, 0.1) is 13.2 Å². The first-order valence-electron chi connectivity index (χ1n) is 6.45. The van der Waals surface area contributed by atoms with Gasteiger partial charge < -0.3 is 15.2 Å². The molecule has 0 saturated heterocycles. The number of hydrogen-bond acceptors (Lipinski definition) is 3. The number of nitrogen functional groups attached to an aromatic ring is 1. The molecule has 0 amide bonds. The highest BCUT2D eigenvalue weighted by molar-refractivity contribution is 5.62. The third-order valence-corrected chi connectivity index (χ3v) is 3.28. The van der Waals surface area contributed by atoms with E-state index in [0.717, 1.165) is 18.1 Å². The molecular formula is C14H21NO2. The van der Waals surface area contributed by atoms with Gasteiger partial charge in [-0.05, 0) is 37.8 Å². The van der Waals surface area contributed by atoms with E-state index in [0.29, 0.717) is 18.2 Å². The van der Waals surface area contributed by atoms with Crippen LogP contribution in [0.4, 0.5) is 5.69 Å². The van der Waals surface area contributed by atoms with E-state index in [-0.39, 0.29) is 0 Å². The first kappa shape index (κ1) is 12.1. The van der Waals surface area contributed by atoms with Crippen molar-refractivity contribution in [3.63, 3.8) is 0 Å². The Balaban J connectivity index is 1.97. The molecule has 1 aromatic rings. The van der Waals surface area contributed by atoms with Gasteiger partial charge in [-0.3, -0.25) is 0 Å². The molecular weight excluding hydrogens is 214 g/mol. The van der Waals surface area contributed by atoms with Crippen molar-refractivity contribution in [2.75, 3.05) is 18.9 Å². The molecule has 0 bridgehead atoms. The molecule has 2 rings (SSSR count). The fourth-order valence-corrected chi connectivity index (χ4v) is 2.32. The predicted molar refractivity (Wildman–Crippen MR) is 69.5 cm³/mol. The summed E-state index contributed by atoms with van der Waals surface area (Å²) in [4.78, 5) is 0. The lowest BCUT2D eigenvalue weighted by atomic mass is 10.1. The van der Waals surface area contributed by atoms with Crippen LogP contribution in [0.1, 0.15) is 32.6 Å². The Hall–Kier alpha value is -1.38. The summed E-state index contributed by atoms with van der Waals surface area (Å²) in [5, 5.41) is 0. The van der Waals surface area contributed by atoms with E-state index in [4.69, 9.17) is 15.2 Å². The molecule has 94 valence electrons. The summed E-state index contributed by atoms with van der Waals surface area (Å²) >= 11 is 0. The van der Waals surface area contributed by atoms with E-state index in [1.165, 1.54) is 25.7 Å². The van der Waals surface area contributed by atoms with Crippen molar-refractivity contribution < 1.29 is 9.47 Å². The molecule has 3 nitrogen and oxygen atoms in total. The van der Waals surface area contributed by atoms with E-state index >= 15 is 0 Å². The highest BCUT2D eigenvalue weighted by atomic mass is 16.5. The Morgan fingerprint density at radius 3 is 2.47 bits per heavy atom. The third-order valence-electron chi connectivity index (χ3n) is 3.28. The molecule has 17 heavy (non-hydrogen) atoms. The highest BCUT2D eigenvalue weighted by Gasteiger charge is 2.16. The minimum absolute atomic E-state index is 0.618. The average Bonchev–Trinajstić information content (AvgIpc) is 2.83. The van der Waals surface area contributed by atoms with E-state index in [9.17, 15) is 0 Å². The van der Waals surface area contributed by atoms with Gasteiger partial charge in [0.2, 0.25) is 0 Å².